The molecule has 2 aromatic rings. The lowest BCUT2D eigenvalue weighted by atomic mass is 10.1. The molecule has 2 rings (SSSR count). The van der Waals surface area contributed by atoms with Gasteiger partial charge in [-0.05, 0) is 24.6 Å². The molecule has 3 heteroatoms. The molecule has 0 atom stereocenters. The summed E-state index contributed by atoms with van der Waals surface area (Å²) >= 11 is 0. The lowest BCUT2D eigenvalue weighted by molar-refractivity contribution is -0.299. The minimum atomic E-state index is -1.14. The van der Waals surface area contributed by atoms with Crippen LogP contribution in [0.15, 0.2) is 36.0 Å². The number of carboxylic acid groups (broad SMARTS) is 1. The van der Waals surface area contributed by atoms with Crippen LogP contribution in [0.2, 0.25) is 0 Å². The minimum absolute atomic E-state index is 0.222. The van der Waals surface area contributed by atoms with Crippen molar-refractivity contribution in [2.24, 2.45) is 0 Å². The molecule has 0 aliphatic rings. The number of aromatic amines is 1. The van der Waals surface area contributed by atoms with E-state index in [-0.39, 0.29) is 5.57 Å². The Labute approximate surface area is 87.0 Å². The second-order valence-electron chi connectivity index (χ2n) is 3.40. The highest BCUT2D eigenvalue weighted by Crippen LogP contribution is 2.19. The van der Waals surface area contributed by atoms with Gasteiger partial charge < -0.3 is 14.9 Å². The van der Waals surface area contributed by atoms with Crippen molar-refractivity contribution in [1.29, 1.82) is 0 Å². The third kappa shape index (κ3) is 1.76. The van der Waals surface area contributed by atoms with Crippen LogP contribution >= 0.6 is 0 Å². The van der Waals surface area contributed by atoms with Gasteiger partial charge in [0.15, 0.2) is 0 Å². The molecule has 3 nitrogen and oxygen atoms in total. The van der Waals surface area contributed by atoms with Crippen molar-refractivity contribution in [3.63, 3.8) is 0 Å². The molecule has 1 aromatic heterocycles. The second kappa shape index (κ2) is 3.61. The van der Waals surface area contributed by atoms with Crippen molar-refractivity contribution in [2.45, 2.75) is 6.92 Å². The van der Waals surface area contributed by atoms with Gasteiger partial charge in [-0.15, -0.1) is 0 Å². The largest absolute Gasteiger partial charge is 0.545 e. The number of H-pyrrole nitrogens is 1. The van der Waals surface area contributed by atoms with Gasteiger partial charge in [0.05, 0.1) is 5.97 Å². The number of carbonyl (C=O) groups is 1. The van der Waals surface area contributed by atoms with E-state index in [1.165, 1.54) is 6.92 Å². The summed E-state index contributed by atoms with van der Waals surface area (Å²) in [6.45, 7) is 1.52. The lowest BCUT2D eigenvalue weighted by Crippen LogP contribution is -2.22. The first-order valence-corrected chi connectivity index (χ1v) is 4.64. The molecule has 0 amide bonds. The first kappa shape index (κ1) is 9.52. The number of carbonyl (C=O) groups excluding carboxylic acids is 1. The third-order valence-corrected chi connectivity index (χ3v) is 2.32. The Kier molecular flexibility index (Phi) is 2.29. The predicted molar refractivity (Wildman–Crippen MR) is 57.0 cm³/mol. The summed E-state index contributed by atoms with van der Waals surface area (Å²) in [6.07, 6.45) is 3.39. The lowest BCUT2D eigenvalue weighted by Gasteiger charge is -2.00. The van der Waals surface area contributed by atoms with Crippen molar-refractivity contribution in [2.75, 3.05) is 0 Å². The van der Waals surface area contributed by atoms with Crippen molar-refractivity contribution >= 4 is 22.9 Å². The standard InChI is InChI=1S/C12H11NO2/c1-8(12(14)15)6-9-7-13-11-5-3-2-4-10(9)11/h2-7,13H,1H3,(H,14,15)/p-1/b8-6+. The number of hydrogen-bond acceptors (Lipinski definition) is 2. The maximum absolute atomic E-state index is 10.6. The van der Waals surface area contributed by atoms with Crippen LogP contribution < -0.4 is 5.11 Å². The van der Waals surface area contributed by atoms with Crippen LogP contribution in [-0.2, 0) is 4.79 Å². The highest BCUT2D eigenvalue weighted by molar-refractivity contribution is 5.95. The fraction of sp³-hybridized carbons (Fsp3) is 0.0833. The number of fused-ring (bicyclic) bond motifs is 1. The van der Waals surface area contributed by atoms with Gasteiger partial charge in [-0.3, -0.25) is 0 Å². The SMILES string of the molecule is C/C(=C\c1c[nH]c2ccccc12)C(=O)[O-]. The number of aromatic nitrogens is 1. The first-order chi connectivity index (χ1) is 7.18. The van der Waals surface area contributed by atoms with Crippen molar-refractivity contribution in [3.05, 3.63) is 41.6 Å². The molecular formula is C12H10NO2-. The Morgan fingerprint density at radius 2 is 2.13 bits per heavy atom. The fourth-order valence-electron chi connectivity index (χ4n) is 1.51. The van der Waals surface area contributed by atoms with Crippen LogP contribution in [0.4, 0.5) is 0 Å². The molecule has 0 saturated heterocycles. The van der Waals surface area contributed by atoms with E-state index in [4.69, 9.17) is 0 Å². The molecular weight excluding hydrogens is 190 g/mol. The van der Waals surface area contributed by atoms with Crippen LogP contribution in [0.25, 0.3) is 17.0 Å². The van der Waals surface area contributed by atoms with E-state index in [0.29, 0.717) is 0 Å². The summed E-state index contributed by atoms with van der Waals surface area (Å²) in [5.41, 5.74) is 2.09. The second-order valence-corrected chi connectivity index (χ2v) is 3.40. The van der Waals surface area contributed by atoms with Crippen LogP contribution in [0, 0.1) is 0 Å². The van der Waals surface area contributed by atoms with E-state index in [2.05, 4.69) is 4.98 Å². The molecule has 0 fully saturated rings. The zero-order chi connectivity index (χ0) is 10.8. The number of aliphatic carboxylic acids is 1. The van der Waals surface area contributed by atoms with Gasteiger partial charge in [-0.25, -0.2) is 0 Å². The maximum atomic E-state index is 10.6. The quantitative estimate of drug-likeness (QED) is 0.743. The average molecular weight is 200 g/mol. The topological polar surface area (TPSA) is 55.9 Å². The molecule has 0 bridgehead atoms. The minimum Gasteiger partial charge on any atom is -0.545 e. The smallest absolute Gasteiger partial charge is 0.0672 e. The molecule has 0 unspecified atom stereocenters. The van der Waals surface area contributed by atoms with E-state index >= 15 is 0 Å². The van der Waals surface area contributed by atoms with Crippen LogP contribution in [0.3, 0.4) is 0 Å². The molecule has 0 saturated carbocycles. The van der Waals surface area contributed by atoms with E-state index in [1.807, 2.05) is 24.3 Å². The number of nitrogens with one attached hydrogen (secondary N) is 1. The van der Waals surface area contributed by atoms with E-state index < -0.39 is 5.97 Å². The van der Waals surface area contributed by atoms with Gasteiger partial charge in [0.25, 0.3) is 0 Å². The van der Waals surface area contributed by atoms with Gasteiger partial charge >= 0.3 is 0 Å². The Balaban J connectivity index is 2.54. The van der Waals surface area contributed by atoms with Crippen molar-refractivity contribution in [3.8, 4) is 0 Å². The Hall–Kier alpha value is -2.03. The van der Waals surface area contributed by atoms with Gasteiger partial charge in [0.1, 0.15) is 0 Å². The summed E-state index contributed by atoms with van der Waals surface area (Å²) in [5.74, 6) is -1.14. The number of hydrogen-bond donors (Lipinski definition) is 1. The molecule has 15 heavy (non-hydrogen) atoms. The summed E-state index contributed by atoms with van der Waals surface area (Å²) < 4.78 is 0. The molecule has 0 radical (unpaired) electrons. The van der Waals surface area contributed by atoms with Crippen LogP contribution in [0.5, 0.6) is 0 Å². The number of para-hydroxylation sites is 1. The molecule has 1 aromatic carbocycles. The third-order valence-electron chi connectivity index (χ3n) is 2.32. The molecule has 0 aliphatic heterocycles. The number of carboxylic acids is 1. The zero-order valence-electron chi connectivity index (χ0n) is 8.28. The van der Waals surface area contributed by atoms with Gasteiger partial charge in [0, 0.05) is 22.7 Å². The summed E-state index contributed by atoms with van der Waals surface area (Å²) in [6, 6.07) is 7.74. The predicted octanol–water partition coefficient (Wildman–Crippen LogP) is 1.32. The Bertz CT molecular complexity index is 537. The summed E-state index contributed by atoms with van der Waals surface area (Å²) in [7, 11) is 0. The Morgan fingerprint density at radius 3 is 2.87 bits per heavy atom. The zero-order valence-corrected chi connectivity index (χ0v) is 8.28. The monoisotopic (exact) mass is 200 g/mol. The van der Waals surface area contributed by atoms with E-state index in [0.717, 1.165) is 16.5 Å². The normalized spacial score (nSPS) is 11.9. The summed E-state index contributed by atoms with van der Waals surface area (Å²) in [4.78, 5) is 13.6. The van der Waals surface area contributed by atoms with Gasteiger partial charge in [0.2, 0.25) is 0 Å². The van der Waals surface area contributed by atoms with Gasteiger partial charge in [-0.2, -0.15) is 0 Å². The molecule has 0 spiro atoms. The fourth-order valence-corrected chi connectivity index (χ4v) is 1.51. The van der Waals surface area contributed by atoms with Gasteiger partial charge in [-0.1, -0.05) is 18.2 Å². The maximum Gasteiger partial charge on any atom is 0.0672 e. The molecule has 1 heterocycles. The molecule has 76 valence electrons. The van der Waals surface area contributed by atoms with Crippen molar-refractivity contribution in [1.82, 2.24) is 4.98 Å². The first-order valence-electron chi connectivity index (χ1n) is 4.64. The molecule has 0 aliphatic carbocycles. The molecule has 1 N–H and O–H groups in total. The van der Waals surface area contributed by atoms with E-state index in [1.54, 1.807) is 12.3 Å². The average Bonchev–Trinajstić information content (AvgIpc) is 2.62. The number of rotatable bonds is 2. The van der Waals surface area contributed by atoms with Crippen molar-refractivity contribution < 1.29 is 9.90 Å². The van der Waals surface area contributed by atoms with Crippen LogP contribution in [-0.4, -0.2) is 11.0 Å². The number of benzene rings is 1. The highest BCUT2D eigenvalue weighted by Gasteiger charge is 2.00. The van der Waals surface area contributed by atoms with E-state index in [9.17, 15) is 9.90 Å². The highest BCUT2D eigenvalue weighted by atomic mass is 16.4. The summed E-state index contributed by atoms with van der Waals surface area (Å²) in [5, 5.41) is 11.6. The van der Waals surface area contributed by atoms with Crippen LogP contribution in [0.1, 0.15) is 12.5 Å². The Morgan fingerprint density at radius 1 is 1.40 bits per heavy atom.